The van der Waals surface area contributed by atoms with Crippen LogP contribution in [0.4, 0.5) is 13.2 Å². The van der Waals surface area contributed by atoms with Gasteiger partial charge in [0, 0.05) is 7.11 Å². The van der Waals surface area contributed by atoms with E-state index >= 15 is 0 Å². The summed E-state index contributed by atoms with van der Waals surface area (Å²) in [5.41, 5.74) is -3.37. The van der Waals surface area contributed by atoms with Crippen molar-refractivity contribution in [3.63, 3.8) is 0 Å². The lowest BCUT2D eigenvalue weighted by molar-refractivity contribution is -0.255. The van der Waals surface area contributed by atoms with E-state index < -0.39 is 24.7 Å². The number of carbonyl (C=O) groups is 1. The van der Waals surface area contributed by atoms with E-state index in [4.69, 9.17) is 5.11 Å². The van der Waals surface area contributed by atoms with Gasteiger partial charge < -0.3 is 9.84 Å². The molecule has 0 aliphatic heterocycles. The van der Waals surface area contributed by atoms with E-state index in [1.54, 1.807) is 0 Å². The van der Waals surface area contributed by atoms with Crippen molar-refractivity contribution in [3.05, 3.63) is 0 Å². The number of aldehydes is 1. The molecule has 1 atom stereocenters. The molecule has 0 radical (unpaired) electrons. The zero-order chi connectivity index (χ0) is 9.12. The maximum Gasteiger partial charge on any atom is 0.426 e. The molecular formula is C5H7F3O3. The van der Waals surface area contributed by atoms with Gasteiger partial charge in [-0.25, -0.2) is 0 Å². The number of methoxy groups -OCH3 is 1. The van der Waals surface area contributed by atoms with Gasteiger partial charge in [0.05, 0.1) is 6.61 Å². The van der Waals surface area contributed by atoms with Gasteiger partial charge in [-0.15, -0.1) is 0 Å². The van der Waals surface area contributed by atoms with Crippen LogP contribution in [0, 0.1) is 0 Å². The summed E-state index contributed by atoms with van der Waals surface area (Å²) >= 11 is 0. The Kier molecular flexibility index (Phi) is 3.01. The Hall–Kier alpha value is -0.620. The summed E-state index contributed by atoms with van der Waals surface area (Å²) in [4.78, 5) is 9.81. The molecule has 0 amide bonds. The van der Waals surface area contributed by atoms with Crippen LogP contribution >= 0.6 is 0 Å². The minimum atomic E-state index is -4.98. The number of hydrogen-bond donors (Lipinski definition) is 1. The van der Waals surface area contributed by atoms with Crippen molar-refractivity contribution in [2.24, 2.45) is 0 Å². The van der Waals surface area contributed by atoms with Crippen LogP contribution in [0.3, 0.4) is 0 Å². The van der Waals surface area contributed by atoms with Crippen LogP contribution < -0.4 is 0 Å². The first-order valence-corrected chi connectivity index (χ1v) is 2.62. The summed E-state index contributed by atoms with van der Waals surface area (Å²) in [6.07, 6.45) is -5.57. The van der Waals surface area contributed by atoms with Gasteiger partial charge in [-0.2, -0.15) is 13.2 Å². The molecule has 3 nitrogen and oxygen atoms in total. The van der Waals surface area contributed by atoms with Crippen LogP contribution in [0.2, 0.25) is 0 Å². The van der Waals surface area contributed by atoms with Crippen molar-refractivity contribution < 1.29 is 27.8 Å². The zero-order valence-electron chi connectivity index (χ0n) is 5.68. The topological polar surface area (TPSA) is 46.5 Å². The average molecular weight is 172 g/mol. The van der Waals surface area contributed by atoms with Crippen molar-refractivity contribution in [1.82, 2.24) is 0 Å². The van der Waals surface area contributed by atoms with E-state index in [1.807, 2.05) is 0 Å². The molecule has 66 valence electrons. The van der Waals surface area contributed by atoms with Gasteiger partial charge in [0.1, 0.15) is 0 Å². The second-order valence-electron chi connectivity index (χ2n) is 1.97. The quantitative estimate of drug-likeness (QED) is 0.615. The maximum atomic E-state index is 11.7. The fraction of sp³-hybridized carbons (Fsp3) is 0.800. The Morgan fingerprint density at radius 1 is 1.55 bits per heavy atom. The number of carbonyl (C=O) groups excluding carboxylic acids is 1. The average Bonchev–Trinajstić information content (AvgIpc) is 1.86. The van der Waals surface area contributed by atoms with Gasteiger partial charge in [0.2, 0.25) is 5.60 Å². The smallest absolute Gasteiger partial charge is 0.381 e. The first kappa shape index (κ1) is 10.4. The van der Waals surface area contributed by atoms with Crippen molar-refractivity contribution in [1.29, 1.82) is 0 Å². The molecular weight excluding hydrogens is 165 g/mol. The van der Waals surface area contributed by atoms with Gasteiger partial charge >= 0.3 is 6.18 Å². The lowest BCUT2D eigenvalue weighted by Gasteiger charge is -2.23. The maximum absolute atomic E-state index is 11.7. The summed E-state index contributed by atoms with van der Waals surface area (Å²) < 4.78 is 39.2. The first-order chi connectivity index (χ1) is 4.87. The minimum absolute atomic E-state index is 0.587. The number of rotatable bonds is 3. The number of ether oxygens (including phenoxy) is 1. The van der Waals surface area contributed by atoms with Gasteiger partial charge in [-0.3, -0.25) is 4.79 Å². The highest BCUT2D eigenvalue weighted by atomic mass is 19.4. The van der Waals surface area contributed by atoms with Crippen LogP contribution in [0.5, 0.6) is 0 Å². The molecule has 0 fully saturated rings. The summed E-state index contributed by atoms with van der Waals surface area (Å²) in [5, 5.41) is 8.54. The van der Waals surface area contributed by atoms with Gasteiger partial charge in [-0.1, -0.05) is 0 Å². The normalized spacial score (nSPS) is 17.5. The summed E-state index contributed by atoms with van der Waals surface area (Å²) in [7, 11) is 0.959. The molecule has 0 aromatic carbocycles. The lowest BCUT2D eigenvalue weighted by atomic mass is 10.1. The Labute approximate surface area is 60.8 Å². The number of hydrogen-bond acceptors (Lipinski definition) is 3. The summed E-state index contributed by atoms with van der Waals surface area (Å²) in [6, 6.07) is 0. The molecule has 1 unspecified atom stereocenters. The first-order valence-electron chi connectivity index (χ1n) is 2.62. The third-order valence-electron chi connectivity index (χ3n) is 1.05. The molecule has 6 heteroatoms. The van der Waals surface area contributed by atoms with E-state index in [0.717, 1.165) is 7.11 Å². The standard InChI is InChI=1S/C5H7F3O3/c1-11-3-4(10,2-9)5(6,7)8/h2,10H,3H2,1H3. The van der Waals surface area contributed by atoms with Crippen molar-refractivity contribution in [3.8, 4) is 0 Å². The second-order valence-corrected chi connectivity index (χ2v) is 1.97. The molecule has 0 heterocycles. The van der Waals surface area contributed by atoms with E-state index in [2.05, 4.69) is 4.74 Å². The summed E-state index contributed by atoms with van der Waals surface area (Å²) in [5.74, 6) is 0. The molecule has 0 aromatic heterocycles. The van der Waals surface area contributed by atoms with Gasteiger partial charge in [-0.05, 0) is 0 Å². The highest BCUT2D eigenvalue weighted by Gasteiger charge is 2.54. The Morgan fingerprint density at radius 3 is 2.09 bits per heavy atom. The molecule has 11 heavy (non-hydrogen) atoms. The van der Waals surface area contributed by atoms with Gasteiger partial charge in [0.15, 0.2) is 6.29 Å². The molecule has 0 aliphatic carbocycles. The van der Waals surface area contributed by atoms with Crippen molar-refractivity contribution in [2.45, 2.75) is 11.8 Å². The zero-order valence-corrected chi connectivity index (χ0v) is 5.68. The molecule has 0 spiro atoms. The van der Waals surface area contributed by atoms with Crippen molar-refractivity contribution >= 4 is 6.29 Å². The van der Waals surface area contributed by atoms with Crippen LogP contribution in [0.25, 0.3) is 0 Å². The van der Waals surface area contributed by atoms with E-state index in [-0.39, 0.29) is 0 Å². The van der Waals surface area contributed by atoms with Gasteiger partial charge in [0.25, 0.3) is 0 Å². The van der Waals surface area contributed by atoms with E-state index in [0.29, 0.717) is 0 Å². The molecule has 0 rings (SSSR count). The highest BCUT2D eigenvalue weighted by molar-refractivity contribution is 5.63. The lowest BCUT2D eigenvalue weighted by Crippen LogP contribution is -2.50. The van der Waals surface area contributed by atoms with E-state index in [1.165, 1.54) is 0 Å². The summed E-state index contributed by atoms with van der Waals surface area (Å²) in [6.45, 7) is -1.08. The monoisotopic (exact) mass is 172 g/mol. The Bertz CT molecular complexity index is 144. The van der Waals surface area contributed by atoms with Crippen molar-refractivity contribution in [2.75, 3.05) is 13.7 Å². The second kappa shape index (κ2) is 3.19. The number of alkyl halides is 3. The number of aliphatic hydroxyl groups is 1. The molecule has 0 saturated carbocycles. The molecule has 1 N–H and O–H groups in total. The SMILES string of the molecule is COCC(O)(C=O)C(F)(F)F. The molecule has 0 bridgehead atoms. The third-order valence-corrected chi connectivity index (χ3v) is 1.05. The van der Waals surface area contributed by atoms with E-state index in [9.17, 15) is 18.0 Å². The predicted molar refractivity (Wildman–Crippen MR) is 28.9 cm³/mol. The van der Waals surface area contributed by atoms with Crippen LogP contribution in [-0.2, 0) is 9.53 Å². The number of halogens is 3. The molecule has 0 aromatic rings. The largest absolute Gasteiger partial charge is 0.426 e. The van der Waals surface area contributed by atoms with Crippen LogP contribution in [-0.4, -0.2) is 36.9 Å². The predicted octanol–water partition coefficient (Wildman–Crippen LogP) is 0.125. The third kappa shape index (κ3) is 2.16. The highest BCUT2D eigenvalue weighted by Crippen LogP contribution is 2.28. The fourth-order valence-corrected chi connectivity index (χ4v) is 0.403. The van der Waals surface area contributed by atoms with Crippen LogP contribution in [0.1, 0.15) is 0 Å². The fourth-order valence-electron chi connectivity index (χ4n) is 0.403. The molecule has 0 aliphatic rings. The minimum Gasteiger partial charge on any atom is -0.381 e. The Balaban J connectivity index is 4.46. The Morgan fingerprint density at radius 2 is 2.00 bits per heavy atom. The molecule has 0 saturated heterocycles. The van der Waals surface area contributed by atoms with Crippen LogP contribution in [0.15, 0.2) is 0 Å².